The molecule has 0 saturated carbocycles. The average Bonchev–Trinajstić information content (AvgIpc) is 2.62. The van der Waals surface area contributed by atoms with Crippen LogP contribution < -0.4 is 10.0 Å². The first-order chi connectivity index (χ1) is 8.96. The van der Waals surface area contributed by atoms with Gasteiger partial charge in [-0.1, -0.05) is 0 Å². The summed E-state index contributed by atoms with van der Waals surface area (Å²) in [6.07, 6.45) is 2.15. The highest BCUT2D eigenvalue weighted by Gasteiger charge is 2.18. The summed E-state index contributed by atoms with van der Waals surface area (Å²) in [5.74, 6) is 0. The number of aryl methyl sites for hydroxylation is 1. The SMILES string of the molecule is Cn1c2c(c3cc(NS(C)(=O)=O)ccc31)CCNC2. The van der Waals surface area contributed by atoms with Crippen LogP contribution in [-0.4, -0.2) is 25.8 Å². The number of hydrogen-bond donors (Lipinski definition) is 2. The second kappa shape index (κ2) is 4.25. The molecule has 2 heterocycles. The predicted molar refractivity (Wildman–Crippen MR) is 76.8 cm³/mol. The van der Waals surface area contributed by atoms with E-state index in [9.17, 15) is 8.42 Å². The molecular formula is C13H17N3O2S. The van der Waals surface area contributed by atoms with E-state index in [4.69, 9.17) is 0 Å². The third kappa shape index (κ3) is 2.21. The molecule has 0 bridgehead atoms. The molecule has 1 aliphatic heterocycles. The van der Waals surface area contributed by atoms with E-state index in [1.807, 2.05) is 18.2 Å². The topological polar surface area (TPSA) is 63.1 Å². The van der Waals surface area contributed by atoms with Crippen molar-refractivity contribution in [2.24, 2.45) is 7.05 Å². The standard InChI is InChI=1S/C13H17N3O2S/c1-16-12-4-3-9(15-19(2,17)18)7-11(12)10-5-6-14-8-13(10)16/h3-4,7,14-15H,5-6,8H2,1-2H3. The molecule has 5 nitrogen and oxygen atoms in total. The van der Waals surface area contributed by atoms with Crippen LogP contribution in [0, 0.1) is 0 Å². The predicted octanol–water partition coefficient (Wildman–Crippen LogP) is 1.20. The molecule has 3 rings (SSSR count). The maximum absolute atomic E-state index is 11.3. The molecule has 6 heteroatoms. The van der Waals surface area contributed by atoms with Crippen molar-refractivity contribution in [2.45, 2.75) is 13.0 Å². The molecule has 0 radical (unpaired) electrons. The Labute approximate surface area is 112 Å². The number of sulfonamides is 1. The fourth-order valence-corrected chi connectivity index (χ4v) is 3.33. The molecule has 1 aromatic heterocycles. The summed E-state index contributed by atoms with van der Waals surface area (Å²) in [5.41, 5.74) is 4.39. The normalized spacial score (nSPS) is 15.5. The quantitative estimate of drug-likeness (QED) is 0.868. The van der Waals surface area contributed by atoms with Gasteiger partial charge in [-0.3, -0.25) is 4.72 Å². The zero-order valence-electron chi connectivity index (χ0n) is 11.0. The summed E-state index contributed by atoms with van der Waals surface area (Å²) >= 11 is 0. The van der Waals surface area contributed by atoms with E-state index in [1.165, 1.54) is 17.5 Å². The Kier molecular flexibility index (Phi) is 2.79. The molecule has 102 valence electrons. The minimum atomic E-state index is -3.23. The lowest BCUT2D eigenvalue weighted by atomic mass is 10.0. The first kappa shape index (κ1) is 12.5. The van der Waals surface area contributed by atoms with E-state index in [0.29, 0.717) is 5.69 Å². The number of fused-ring (bicyclic) bond motifs is 3. The van der Waals surface area contributed by atoms with Crippen molar-refractivity contribution in [2.75, 3.05) is 17.5 Å². The fraction of sp³-hybridized carbons (Fsp3) is 0.385. The van der Waals surface area contributed by atoms with Gasteiger partial charge in [0.2, 0.25) is 10.0 Å². The van der Waals surface area contributed by atoms with Crippen molar-refractivity contribution in [1.82, 2.24) is 9.88 Å². The van der Waals surface area contributed by atoms with Crippen LogP contribution in [0.5, 0.6) is 0 Å². The van der Waals surface area contributed by atoms with Crippen molar-refractivity contribution in [3.63, 3.8) is 0 Å². The summed E-state index contributed by atoms with van der Waals surface area (Å²) in [5, 5.41) is 4.51. The van der Waals surface area contributed by atoms with E-state index in [1.54, 1.807) is 0 Å². The largest absolute Gasteiger partial charge is 0.346 e. The zero-order valence-corrected chi connectivity index (χ0v) is 11.8. The number of nitrogens with zero attached hydrogens (tertiary/aromatic N) is 1. The summed E-state index contributed by atoms with van der Waals surface area (Å²) in [4.78, 5) is 0. The van der Waals surface area contributed by atoms with Crippen LogP contribution in [-0.2, 0) is 30.0 Å². The summed E-state index contributed by atoms with van der Waals surface area (Å²) in [6, 6.07) is 5.71. The molecule has 0 aliphatic carbocycles. The van der Waals surface area contributed by atoms with E-state index in [2.05, 4.69) is 21.7 Å². The monoisotopic (exact) mass is 279 g/mol. The van der Waals surface area contributed by atoms with Gasteiger partial charge in [0.1, 0.15) is 0 Å². The highest BCUT2D eigenvalue weighted by Crippen LogP contribution is 2.30. The molecule has 0 atom stereocenters. The minimum absolute atomic E-state index is 0.627. The van der Waals surface area contributed by atoms with Gasteiger partial charge in [0.25, 0.3) is 0 Å². The molecule has 2 aromatic rings. The fourth-order valence-electron chi connectivity index (χ4n) is 2.78. The highest BCUT2D eigenvalue weighted by atomic mass is 32.2. The van der Waals surface area contributed by atoms with Crippen LogP contribution in [0.15, 0.2) is 18.2 Å². The smallest absolute Gasteiger partial charge is 0.229 e. The maximum atomic E-state index is 11.3. The van der Waals surface area contributed by atoms with Crippen molar-refractivity contribution in [1.29, 1.82) is 0 Å². The van der Waals surface area contributed by atoms with Crippen molar-refractivity contribution in [3.8, 4) is 0 Å². The Morgan fingerprint density at radius 3 is 2.89 bits per heavy atom. The lowest BCUT2D eigenvalue weighted by molar-refractivity contribution is 0.607. The number of hydrogen-bond acceptors (Lipinski definition) is 3. The second-order valence-electron chi connectivity index (χ2n) is 5.02. The Hall–Kier alpha value is -1.53. The molecule has 19 heavy (non-hydrogen) atoms. The molecule has 1 aliphatic rings. The molecular weight excluding hydrogens is 262 g/mol. The summed E-state index contributed by atoms with van der Waals surface area (Å²) in [6.45, 7) is 1.84. The van der Waals surface area contributed by atoms with Gasteiger partial charge in [-0.25, -0.2) is 8.42 Å². The van der Waals surface area contributed by atoms with Crippen LogP contribution in [0.4, 0.5) is 5.69 Å². The van der Waals surface area contributed by atoms with Crippen LogP contribution in [0.1, 0.15) is 11.3 Å². The molecule has 0 unspecified atom stereocenters. The number of benzene rings is 1. The van der Waals surface area contributed by atoms with Crippen molar-refractivity contribution < 1.29 is 8.42 Å². The van der Waals surface area contributed by atoms with Gasteiger partial charge in [0, 0.05) is 35.9 Å². The minimum Gasteiger partial charge on any atom is -0.346 e. The van der Waals surface area contributed by atoms with Gasteiger partial charge in [0.15, 0.2) is 0 Å². The Morgan fingerprint density at radius 2 is 2.16 bits per heavy atom. The first-order valence-electron chi connectivity index (χ1n) is 6.24. The Balaban J connectivity index is 2.17. The number of anilines is 1. The van der Waals surface area contributed by atoms with Crippen LogP contribution in [0.25, 0.3) is 10.9 Å². The van der Waals surface area contributed by atoms with Crippen molar-refractivity contribution in [3.05, 3.63) is 29.5 Å². The zero-order chi connectivity index (χ0) is 13.6. The molecule has 0 saturated heterocycles. The lowest BCUT2D eigenvalue weighted by Crippen LogP contribution is -2.24. The third-order valence-corrected chi connectivity index (χ3v) is 4.19. The lowest BCUT2D eigenvalue weighted by Gasteiger charge is -2.14. The van der Waals surface area contributed by atoms with E-state index in [-0.39, 0.29) is 0 Å². The first-order valence-corrected chi connectivity index (χ1v) is 8.13. The van der Waals surface area contributed by atoms with E-state index >= 15 is 0 Å². The van der Waals surface area contributed by atoms with Crippen LogP contribution in [0.3, 0.4) is 0 Å². The van der Waals surface area contributed by atoms with Gasteiger partial charge in [-0.2, -0.15) is 0 Å². The molecule has 1 aromatic carbocycles. The molecule has 0 fully saturated rings. The maximum Gasteiger partial charge on any atom is 0.229 e. The molecule has 0 amide bonds. The molecule has 2 N–H and O–H groups in total. The molecule has 0 spiro atoms. The van der Waals surface area contributed by atoms with Crippen molar-refractivity contribution >= 4 is 26.6 Å². The van der Waals surface area contributed by atoms with E-state index in [0.717, 1.165) is 30.4 Å². The van der Waals surface area contributed by atoms with Gasteiger partial charge in [-0.15, -0.1) is 0 Å². The number of nitrogens with one attached hydrogen (secondary N) is 2. The van der Waals surface area contributed by atoms with E-state index < -0.39 is 10.0 Å². The van der Waals surface area contributed by atoms with Gasteiger partial charge >= 0.3 is 0 Å². The number of aromatic nitrogens is 1. The highest BCUT2D eigenvalue weighted by molar-refractivity contribution is 7.92. The van der Waals surface area contributed by atoms with Crippen LogP contribution >= 0.6 is 0 Å². The van der Waals surface area contributed by atoms with Gasteiger partial charge < -0.3 is 9.88 Å². The summed E-state index contributed by atoms with van der Waals surface area (Å²) in [7, 11) is -1.18. The van der Waals surface area contributed by atoms with Crippen LogP contribution in [0.2, 0.25) is 0 Å². The number of rotatable bonds is 2. The summed E-state index contributed by atoms with van der Waals surface area (Å²) < 4.78 is 27.3. The van der Waals surface area contributed by atoms with Gasteiger partial charge in [-0.05, 0) is 36.7 Å². The van der Waals surface area contributed by atoms with Gasteiger partial charge in [0.05, 0.1) is 6.26 Å². The Morgan fingerprint density at radius 1 is 1.37 bits per heavy atom. The average molecular weight is 279 g/mol. The third-order valence-electron chi connectivity index (χ3n) is 3.58. The second-order valence-corrected chi connectivity index (χ2v) is 6.77. The Bertz CT molecular complexity index is 747.